The van der Waals surface area contributed by atoms with Crippen LogP contribution in [-0.2, 0) is 34.0 Å². The summed E-state index contributed by atoms with van der Waals surface area (Å²) in [6.45, 7) is 4.77. The van der Waals surface area contributed by atoms with E-state index >= 15 is 0 Å². The number of carbonyl (C=O) groups excluding carboxylic acids is 3. The summed E-state index contributed by atoms with van der Waals surface area (Å²) >= 11 is 0. The topological polar surface area (TPSA) is 136 Å². The summed E-state index contributed by atoms with van der Waals surface area (Å²) in [6.07, 6.45) is 22.3. The van der Waals surface area contributed by atoms with Gasteiger partial charge in [0.15, 0.2) is 5.75 Å². The van der Waals surface area contributed by atoms with E-state index in [4.69, 9.17) is 14.0 Å². The van der Waals surface area contributed by atoms with Gasteiger partial charge in [0.05, 0.1) is 19.6 Å². The SMILES string of the molecule is CCCCCCCCCCCCOC(=O)C[C@H](NC(=O)CS(=O)(=O)O)C(=O)OCCCCCCCCCCCC. The van der Waals surface area contributed by atoms with Gasteiger partial charge in [-0.2, -0.15) is 8.42 Å². The molecular weight excluding hydrogens is 534 g/mol. The molecule has 9 nitrogen and oxygen atoms in total. The van der Waals surface area contributed by atoms with E-state index in [1.165, 1.54) is 77.0 Å². The van der Waals surface area contributed by atoms with Crippen LogP contribution in [0.4, 0.5) is 0 Å². The number of ether oxygens (including phenoxy) is 2. The lowest BCUT2D eigenvalue weighted by Crippen LogP contribution is -2.45. The van der Waals surface area contributed by atoms with Gasteiger partial charge in [-0.15, -0.1) is 0 Å². The van der Waals surface area contributed by atoms with Crippen molar-refractivity contribution in [3.63, 3.8) is 0 Å². The molecule has 0 saturated carbocycles. The minimum Gasteiger partial charge on any atom is -0.466 e. The van der Waals surface area contributed by atoms with Gasteiger partial charge >= 0.3 is 11.9 Å². The molecule has 236 valence electrons. The van der Waals surface area contributed by atoms with Crippen molar-refractivity contribution in [2.24, 2.45) is 0 Å². The Morgan fingerprint density at radius 2 is 1.00 bits per heavy atom. The third kappa shape index (κ3) is 26.5. The predicted octanol–water partition coefficient (Wildman–Crippen LogP) is 6.68. The monoisotopic (exact) mass is 591 g/mol. The van der Waals surface area contributed by atoms with Gasteiger partial charge < -0.3 is 14.8 Å². The van der Waals surface area contributed by atoms with E-state index in [-0.39, 0.29) is 13.2 Å². The Labute approximate surface area is 243 Å². The molecule has 40 heavy (non-hydrogen) atoms. The quantitative estimate of drug-likeness (QED) is 0.0584. The second-order valence-corrected chi connectivity index (χ2v) is 12.3. The number of hydrogen-bond donors (Lipinski definition) is 2. The highest BCUT2D eigenvalue weighted by Gasteiger charge is 2.27. The maximum absolute atomic E-state index is 12.5. The molecule has 0 saturated heterocycles. The first-order chi connectivity index (χ1) is 19.2. The molecule has 1 amide bonds. The normalized spacial score (nSPS) is 12.2. The van der Waals surface area contributed by atoms with E-state index in [9.17, 15) is 22.8 Å². The van der Waals surface area contributed by atoms with E-state index in [2.05, 4.69) is 19.2 Å². The van der Waals surface area contributed by atoms with Gasteiger partial charge in [0.25, 0.3) is 10.1 Å². The summed E-state index contributed by atoms with van der Waals surface area (Å²) in [5, 5.41) is 2.18. The van der Waals surface area contributed by atoms with E-state index in [0.717, 1.165) is 38.5 Å². The summed E-state index contributed by atoms with van der Waals surface area (Å²) in [4.78, 5) is 36.8. The molecule has 0 aliphatic carbocycles. The van der Waals surface area contributed by atoms with E-state index in [1.807, 2.05) is 0 Å². The van der Waals surface area contributed by atoms with Gasteiger partial charge in [-0.25, -0.2) is 4.79 Å². The summed E-state index contributed by atoms with van der Waals surface area (Å²) in [6, 6.07) is -1.38. The van der Waals surface area contributed by atoms with Gasteiger partial charge in [0.2, 0.25) is 5.91 Å². The van der Waals surface area contributed by atoms with Crippen LogP contribution in [-0.4, -0.2) is 55.8 Å². The maximum Gasteiger partial charge on any atom is 0.329 e. The highest BCUT2D eigenvalue weighted by Crippen LogP contribution is 2.12. The zero-order chi connectivity index (χ0) is 29.9. The second-order valence-electron chi connectivity index (χ2n) is 10.8. The van der Waals surface area contributed by atoms with Crippen LogP contribution < -0.4 is 5.32 Å². The average molecular weight is 592 g/mol. The molecule has 0 radical (unpaired) electrons. The summed E-state index contributed by atoms with van der Waals surface area (Å²) < 4.78 is 41.4. The van der Waals surface area contributed by atoms with Crippen LogP contribution in [0.1, 0.15) is 149 Å². The Balaban J connectivity index is 4.28. The fourth-order valence-corrected chi connectivity index (χ4v) is 4.87. The molecule has 10 heteroatoms. The van der Waals surface area contributed by atoms with Gasteiger partial charge in [-0.05, 0) is 12.8 Å². The summed E-state index contributed by atoms with van der Waals surface area (Å²) in [5.74, 6) is -3.80. The molecule has 0 aliphatic heterocycles. The standard InChI is InChI=1S/C30H57NO8S/c1-3-5-7-9-11-13-15-17-19-21-23-38-29(33)25-27(31-28(32)26-40(35,36)37)30(34)39-24-22-20-18-16-14-12-10-8-6-4-2/h27H,3-26H2,1-2H3,(H,31,32)(H,35,36,37)/t27-/m0/s1. The van der Waals surface area contributed by atoms with E-state index in [0.29, 0.717) is 12.8 Å². The van der Waals surface area contributed by atoms with Crippen molar-refractivity contribution in [1.29, 1.82) is 0 Å². The minimum atomic E-state index is -4.58. The Kier molecular flexibility index (Phi) is 25.1. The zero-order valence-electron chi connectivity index (χ0n) is 25.3. The fraction of sp³-hybridized carbons (Fsp3) is 0.900. The molecule has 0 heterocycles. The van der Waals surface area contributed by atoms with Gasteiger partial charge in [0.1, 0.15) is 6.04 Å². The lowest BCUT2D eigenvalue weighted by atomic mass is 10.1. The first-order valence-electron chi connectivity index (χ1n) is 15.8. The predicted molar refractivity (Wildman–Crippen MR) is 159 cm³/mol. The van der Waals surface area contributed by atoms with Crippen molar-refractivity contribution in [1.82, 2.24) is 5.32 Å². The van der Waals surface area contributed by atoms with E-state index in [1.54, 1.807) is 0 Å². The highest BCUT2D eigenvalue weighted by atomic mass is 32.2. The first kappa shape index (κ1) is 38.3. The molecule has 0 aromatic carbocycles. The second kappa shape index (κ2) is 26.2. The molecule has 0 aliphatic rings. The number of amides is 1. The number of esters is 2. The largest absolute Gasteiger partial charge is 0.466 e. The number of unbranched alkanes of at least 4 members (excludes halogenated alkanes) is 18. The molecule has 0 fully saturated rings. The minimum absolute atomic E-state index is 0.146. The number of nitrogens with one attached hydrogen (secondary N) is 1. The van der Waals surface area contributed by atoms with Crippen LogP contribution in [0.5, 0.6) is 0 Å². The fourth-order valence-electron chi connectivity index (χ4n) is 4.46. The van der Waals surface area contributed by atoms with Crippen LogP contribution in [0.25, 0.3) is 0 Å². The smallest absolute Gasteiger partial charge is 0.329 e. The van der Waals surface area contributed by atoms with Crippen LogP contribution in [0.15, 0.2) is 0 Å². The average Bonchev–Trinajstić information content (AvgIpc) is 2.88. The van der Waals surface area contributed by atoms with Gasteiger partial charge in [0, 0.05) is 0 Å². The Morgan fingerprint density at radius 1 is 0.625 bits per heavy atom. The third-order valence-electron chi connectivity index (χ3n) is 6.81. The van der Waals surface area contributed by atoms with Crippen LogP contribution in [0, 0.1) is 0 Å². The third-order valence-corrected chi connectivity index (χ3v) is 7.43. The number of rotatable bonds is 28. The molecule has 0 aromatic heterocycles. The van der Waals surface area contributed by atoms with Crippen molar-refractivity contribution in [3.8, 4) is 0 Å². The van der Waals surface area contributed by atoms with Crippen LogP contribution in [0.2, 0.25) is 0 Å². The Bertz CT molecular complexity index is 757. The lowest BCUT2D eigenvalue weighted by molar-refractivity contribution is -0.153. The van der Waals surface area contributed by atoms with Crippen LogP contribution >= 0.6 is 0 Å². The number of hydrogen-bond acceptors (Lipinski definition) is 7. The molecule has 0 bridgehead atoms. The van der Waals surface area contributed by atoms with Crippen molar-refractivity contribution >= 4 is 28.0 Å². The Hall–Kier alpha value is -1.68. The highest BCUT2D eigenvalue weighted by molar-refractivity contribution is 7.86. The van der Waals surface area contributed by atoms with Gasteiger partial charge in [-0.1, -0.05) is 129 Å². The maximum atomic E-state index is 12.5. The number of carbonyl (C=O) groups is 3. The molecule has 0 aromatic rings. The molecule has 0 unspecified atom stereocenters. The molecule has 0 rings (SSSR count). The van der Waals surface area contributed by atoms with Crippen molar-refractivity contribution in [3.05, 3.63) is 0 Å². The van der Waals surface area contributed by atoms with Crippen molar-refractivity contribution < 1.29 is 36.8 Å². The first-order valence-corrected chi connectivity index (χ1v) is 17.4. The lowest BCUT2D eigenvalue weighted by Gasteiger charge is -2.17. The van der Waals surface area contributed by atoms with Crippen molar-refractivity contribution in [2.75, 3.05) is 19.0 Å². The molecule has 0 spiro atoms. The van der Waals surface area contributed by atoms with E-state index < -0.39 is 46.2 Å². The summed E-state index contributed by atoms with van der Waals surface area (Å²) in [7, 11) is -4.58. The summed E-state index contributed by atoms with van der Waals surface area (Å²) in [5.41, 5.74) is 0. The Morgan fingerprint density at radius 3 is 1.40 bits per heavy atom. The molecule has 1 atom stereocenters. The van der Waals surface area contributed by atoms with Crippen molar-refractivity contribution in [2.45, 2.75) is 155 Å². The molecular formula is C30H57NO8S. The van der Waals surface area contributed by atoms with Gasteiger partial charge in [-0.3, -0.25) is 14.1 Å². The zero-order valence-corrected chi connectivity index (χ0v) is 26.1. The molecule has 2 N–H and O–H groups in total. The van der Waals surface area contributed by atoms with Crippen LogP contribution in [0.3, 0.4) is 0 Å².